The smallest absolute Gasteiger partial charge is 0.195 e. The summed E-state index contributed by atoms with van der Waals surface area (Å²) in [6, 6.07) is 8.53. The molecule has 0 unspecified atom stereocenters. The molecule has 0 N–H and O–H groups in total. The van der Waals surface area contributed by atoms with Crippen molar-refractivity contribution in [2.24, 2.45) is 4.99 Å². The molecule has 0 aliphatic heterocycles. The van der Waals surface area contributed by atoms with Crippen molar-refractivity contribution in [3.63, 3.8) is 0 Å². The van der Waals surface area contributed by atoms with Gasteiger partial charge in [-0.15, -0.1) is 24.0 Å². The minimum absolute atomic E-state index is 0. The minimum Gasteiger partial charge on any atom is -0.497 e. The third kappa shape index (κ3) is 4.75. The molecule has 130 valence electrons. The largest absolute Gasteiger partial charge is 0.497 e. The molecule has 0 heterocycles. The molecule has 0 amide bonds. The minimum atomic E-state index is 0. The van der Waals surface area contributed by atoms with E-state index in [4.69, 9.17) is 9.73 Å². The Morgan fingerprint density at radius 2 is 1.74 bits per heavy atom. The Labute approximate surface area is 157 Å². The van der Waals surface area contributed by atoms with Crippen molar-refractivity contribution >= 4 is 29.9 Å². The maximum Gasteiger partial charge on any atom is 0.195 e. The van der Waals surface area contributed by atoms with Crippen molar-refractivity contribution < 1.29 is 4.74 Å². The fraction of sp³-hybridized carbons (Fsp3) is 0.611. The Morgan fingerprint density at radius 1 is 1.13 bits per heavy atom. The quantitative estimate of drug-likeness (QED) is 0.414. The first kappa shape index (κ1) is 20.1. The highest BCUT2D eigenvalue weighted by molar-refractivity contribution is 14.0. The first-order chi connectivity index (χ1) is 10.5. The molecule has 2 rings (SSSR count). The number of methoxy groups -OCH3 is 1. The monoisotopic (exact) mass is 431 g/mol. The molecular formula is C18H30IN3O. The number of nitrogens with zero attached hydrogens (tertiary/aromatic N) is 3. The van der Waals surface area contributed by atoms with Gasteiger partial charge in [-0.05, 0) is 30.5 Å². The van der Waals surface area contributed by atoms with Crippen LogP contribution in [0.2, 0.25) is 0 Å². The Morgan fingerprint density at radius 3 is 2.26 bits per heavy atom. The van der Waals surface area contributed by atoms with Crippen molar-refractivity contribution in [2.45, 2.75) is 31.1 Å². The molecule has 23 heavy (non-hydrogen) atoms. The summed E-state index contributed by atoms with van der Waals surface area (Å²) in [5.74, 6) is 1.96. The third-order valence-corrected chi connectivity index (χ3v) is 4.57. The van der Waals surface area contributed by atoms with Crippen LogP contribution in [0, 0.1) is 0 Å². The summed E-state index contributed by atoms with van der Waals surface area (Å²) in [5, 5.41) is 0. The molecule has 1 aliphatic rings. The first-order valence-electron chi connectivity index (χ1n) is 8.02. The van der Waals surface area contributed by atoms with Gasteiger partial charge in [0.2, 0.25) is 0 Å². The summed E-state index contributed by atoms with van der Waals surface area (Å²) in [7, 11) is 9.92. The van der Waals surface area contributed by atoms with E-state index in [0.29, 0.717) is 0 Å². The van der Waals surface area contributed by atoms with Crippen LogP contribution in [0.3, 0.4) is 0 Å². The van der Waals surface area contributed by atoms with Crippen molar-refractivity contribution in [2.75, 3.05) is 41.8 Å². The molecular weight excluding hydrogens is 401 g/mol. The lowest BCUT2D eigenvalue weighted by Crippen LogP contribution is -2.37. The van der Waals surface area contributed by atoms with Gasteiger partial charge >= 0.3 is 0 Å². The van der Waals surface area contributed by atoms with Crippen molar-refractivity contribution in [1.29, 1.82) is 0 Å². The SMILES string of the molecule is COc1cccc(C2(CN=C(N(C)C)N(C)C)CCCC2)c1.I. The maximum atomic E-state index is 5.41. The molecule has 4 nitrogen and oxygen atoms in total. The van der Waals surface area contributed by atoms with Crippen LogP contribution >= 0.6 is 24.0 Å². The molecule has 1 aromatic carbocycles. The van der Waals surface area contributed by atoms with E-state index in [1.165, 1.54) is 31.2 Å². The van der Waals surface area contributed by atoms with E-state index in [0.717, 1.165) is 18.3 Å². The fourth-order valence-corrected chi connectivity index (χ4v) is 3.45. The van der Waals surface area contributed by atoms with E-state index < -0.39 is 0 Å². The van der Waals surface area contributed by atoms with Gasteiger partial charge < -0.3 is 14.5 Å². The van der Waals surface area contributed by atoms with E-state index in [9.17, 15) is 0 Å². The van der Waals surface area contributed by atoms with Gasteiger partial charge in [-0.3, -0.25) is 4.99 Å². The summed E-state index contributed by atoms with van der Waals surface area (Å²) >= 11 is 0. The zero-order chi connectivity index (χ0) is 16.2. The summed E-state index contributed by atoms with van der Waals surface area (Å²) < 4.78 is 5.41. The molecule has 0 saturated heterocycles. The molecule has 1 aromatic rings. The molecule has 1 fully saturated rings. The maximum absolute atomic E-state index is 5.41. The van der Waals surface area contributed by atoms with Crippen molar-refractivity contribution in [3.8, 4) is 5.75 Å². The van der Waals surface area contributed by atoms with Gasteiger partial charge in [0, 0.05) is 33.6 Å². The first-order valence-corrected chi connectivity index (χ1v) is 8.02. The van der Waals surface area contributed by atoms with Crippen molar-refractivity contribution in [1.82, 2.24) is 9.80 Å². The van der Waals surface area contributed by atoms with Gasteiger partial charge in [-0.25, -0.2) is 0 Å². The number of hydrogen-bond donors (Lipinski definition) is 0. The van der Waals surface area contributed by atoms with E-state index in [2.05, 4.69) is 28.0 Å². The average molecular weight is 431 g/mol. The van der Waals surface area contributed by atoms with E-state index in [1.807, 2.05) is 34.3 Å². The number of guanidine groups is 1. The summed E-state index contributed by atoms with van der Waals surface area (Å²) in [5.41, 5.74) is 1.52. The molecule has 0 spiro atoms. The van der Waals surface area contributed by atoms with Gasteiger partial charge in [-0.2, -0.15) is 0 Å². The lowest BCUT2D eigenvalue weighted by atomic mass is 9.79. The standard InChI is InChI=1S/C18H29N3O.HI/c1-20(2)17(21(3)4)19-14-18(11-6-7-12-18)15-9-8-10-16(13-15)22-5;/h8-10,13H,6-7,11-12,14H2,1-5H3;1H. The van der Waals surface area contributed by atoms with Crippen LogP contribution in [0.1, 0.15) is 31.2 Å². The van der Waals surface area contributed by atoms with E-state index in [-0.39, 0.29) is 29.4 Å². The lowest BCUT2D eigenvalue weighted by molar-refractivity contribution is 0.405. The van der Waals surface area contributed by atoms with Crippen LogP contribution in [0.25, 0.3) is 0 Å². The third-order valence-electron chi connectivity index (χ3n) is 4.57. The molecule has 0 atom stereocenters. The molecule has 0 aromatic heterocycles. The highest BCUT2D eigenvalue weighted by atomic mass is 127. The van der Waals surface area contributed by atoms with Crippen LogP contribution < -0.4 is 4.74 Å². The number of hydrogen-bond acceptors (Lipinski definition) is 2. The Bertz CT molecular complexity index is 513. The van der Waals surface area contributed by atoms with Gasteiger partial charge in [0.15, 0.2) is 5.96 Å². The number of rotatable bonds is 4. The number of ether oxygens (including phenoxy) is 1. The van der Waals surface area contributed by atoms with Crippen LogP contribution in [0.5, 0.6) is 5.75 Å². The molecule has 1 aliphatic carbocycles. The normalized spacial score (nSPS) is 15.5. The van der Waals surface area contributed by atoms with Gasteiger partial charge in [0.05, 0.1) is 13.7 Å². The second-order valence-electron chi connectivity index (χ2n) is 6.62. The lowest BCUT2D eigenvalue weighted by Gasteiger charge is -2.30. The zero-order valence-electron chi connectivity index (χ0n) is 15.0. The van der Waals surface area contributed by atoms with Gasteiger partial charge in [0.25, 0.3) is 0 Å². The second-order valence-corrected chi connectivity index (χ2v) is 6.62. The second kappa shape index (κ2) is 8.76. The fourth-order valence-electron chi connectivity index (χ4n) is 3.45. The van der Waals surface area contributed by atoms with Crippen LogP contribution in [-0.2, 0) is 5.41 Å². The predicted molar refractivity (Wildman–Crippen MR) is 108 cm³/mol. The van der Waals surface area contributed by atoms with Crippen LogP contribution in [-0.4, -0.2) is 57.6 Å². The van der Waals surface area contributed by atoms with E-state index >= 15 is 0 Å². The predicted octanol–water partition coefficient (Wildman–Crippen LogP) is 3.60. The van der Waals surface area contributed by atoms with Crippen LogP contribution in [0.4, 0.5) is 0 Å². The highest BCUT2D eigenvalue weighted by Gasteiger charge is 2.36. The Kier molecular flexibility index (Phi) is 7.64. The molecule has 5 heteroatoms. The molecule has 0 bridgehead atoms. The van der Waals surface area contributed by atoms with Crippen LogP contribution in [0.15, 0.2) is 29.3 Å². The number of halogens is 1. The zero-order valence-corrected chi connectivity index (χ0v) is 17.3. The van der Waals surface area contributed by atoms with Gasteiger partial charge in [0.1, 0.15) is 5.75 Å². The number of benzene rings is 1. The van der Waals surface area contributed by atoms with Crippen molar-refractivity contribution in [3.05, 3.63) is 29.8 Å². The van der Waals surface area contributed by atoms with Gasteiger partial charge in [-0.1, -0.05) is 25.0 Å². The molecule has 1 saturated carbocycles. The average Bonchev–Trinajstić information content (AvgIpc) is 2.97. The summed E-state index contributed by atoms with van der Waals surface area (Å²) in [4.78, 5) is 9.09. The highest BCUT2D eigenvalue weighted by Crippen LogP contribution is 2.42. The summed E-state index contributed by atoms with van der Waals surface area (Å²) in [6.07, 6.45) is 4.98. The Balaban J connectivity index is 0.00000264. The molecule has 0 radical (unpaired) electrons. The topological polar surface area (TPSA) is 28.1 Å². The number of aliphatic imine (C=N–C) groups is 1. The Hall–Kier alpha value is -0.980. The van der Waals surface area contributed by atoms with E-state index in [1.54, 1.807) is 7.11 Å². The summed E-state index contributed by atoms with van der Waals surface area (Å²) in [6.45, 7) is 0.839.